The number of hydrogen-bond donors (Lipinski definition) is 1. The molecule has 8 nitrogen and oxygen atoms in total. The van der Waals surface area contributed by atoms with Gasteiger partial charge in [-0.05, 0) is 24.3 Å². The fraction of sp³-hybridized carbons (Fsp3) is 0.150. The van der Waals surface area contributed by atoms with Crippen LogP contribution in [0, 0.1) is 0 Å². The van der Waals surface area contributed by atoms with Gasteiger partial charge in [-0.3, -0.25) is 9.40 Å². The second-order valence-corrected chi connectivity index (χ2v) is 8.36. The van der Waals surface area contributed by atoms with Gasteiger partial charge in [0.2, 0.25) is 0 Å². The maximum atomic E-state index is 12.9. The van der Waals surface area contributed by atoms with Gasteiger partial charge in [-0.15, -0.1) is 0 Å². The molecule has 2 aromatic carbocycles. The summed E-state index contributed by atoms with van der Waals surface area (Å²) in [6, 6.07) is 15.5. The first-order chi connectivity index (χ1) is 13.9. The second kappa shape index (κ2) is 7.51. The van der Waals surface area contributed by atoms with E-state index < -0.39 is 10.0 Å². The summed E-state index contributed by atoms with van der Waals surface area (Å²) in [4.78, 5) is 11.2. The van der Waals surface area contributed by atoms with Gasteiger partial charge in [-0.2, -0.15) is 5.10 Å². The number of hydrogen-bond acceptors (Lipinski definition) is 6. The van der Waals surface area contributed by atoms with E-state index in [-0.39, 0.29) is 10.7 Å². The van der Waals surface area contributed by atoms with Crippen molar-refractivity contribution in [1.29, 1.82) is 0 Å². The maximum Gasteiger partial charge on any atom is 0.263 e. The van der Waals surface area contributed by atoms with Gasteiger partial charge in [0.25, 0.3) is 10.0 Å². The summed E-state index contributed by atoms with van der Waals surface area (Å²) in [7, 11) is -0.117. The Balaban J connectivity index is 1.76. The summed E-state index contributed by atoms with van der Waals surface area (Å²) in [6.07, 6.45) is 3.66. The van der Waals surface area contributed by atoms with E-state index in [9.17, 15) is 8.42 Å². The lowest BCUT2D eigenvalue weighted by atomic mass is 10.3. The third-order valence-electron chi connectivity index (χ3n) is 4.38. The maximum absolute atomic E-state index is 12.9. The highest BCUT2D eigenvalue weighted by molar-refractivity contribution is 7.92. The lowest BCUT2D eigenvalue weighted by Crippen LogP contribution is -2.22. The Morgan fingerprint density at radius 2 is 1.66 bits per heavy atom. The van der Waals surface area contributed by atoms with Crippen LogP contribution in [0.1, 0.15) is 5.56 Å². The molecule has 9 heteroatoms. The molecule has 4 rings (SSSR count). The number of para-hydroxylation sites is 2. The van der Waals surface area contributed by atoms with Crippen LogP contribution in [-0.4, -0.2) is 35.2 Å². The van der Waals surface area contributed by atoms with Crippen LogP contribution in [-0.2, 0) is 23.6 Å². The van der Waals surface area contributed by atoms with Crippen LogP contribution in [0.2, 0.25) is 0 Å². The van der Waals surface area contributed by atoms with Crippen molar-refractivity contribution in [3.63, 3.8) is 0 Å². The van der Waals surface area contributed by atoms with Crippen molar-refractivity contribution in [3.8, 4) is 0 Å². The molecular weight excluding hydrogens is 388 g/mol. The van der Waals surface area contributed by atoms with E-state index in [1.54, 1.807) is 35.1 Å². The van der Waals surface area contributed by atoms with Crippen molar-refractivity contribution in [1.82, 2.24) is 19.7 Å². The van der Waals surface area contributed by atoms with Crippen molar-refractivity contribution in [2.75, 3.05) is 16.7 Å². The molecule has 0 amide bonds. The summed E-state index contributed by atoms with van der Waals surface area (Å²) in [6.45, 7) is 0.501. The molecule has 148 valence electrons. The largest absolute Gasteiger partial charge is 0.352 e. The Kier molecular flexibility index (Phi) is 4.89. The average molecular weight is 408 g/mol. The van der Waals surface area contributed by atoms with E-state index in [0.717, 1.165) is 5.56 Å². The van der Waals surface area contributed by atoms with Crippen molar-refractivity contribution in [3.05, 3.63) is 72.6 Å². The fourth-order valence-electron chi connectivity index (χ4n) is 3.01. The predicted octanol–water partition coefficient (Wildman–Crippen LogP) is 2.80. The quantitative estimate of drug-likeness (QED) is 0.527. The first-order valence-corrected chi connectivity index (χ1v) is 10.4. The molecule has 1 N–H and O–H groups in total. The molecule has 0 aliphatic carbocycles. The SMILES string of the molecule is CN(Cc1cnn(C)c1)c1nc2ccccc2nc1NS(=O)(=O)c1ccccc1. The normalized spacial score (nSPS) is 11.5. The average Bonchev–Trinajstić information content (AvgIpc) is 3.12. The molecule has 2 aromatic heterocycles. The summed E-state index contributed by atoms with van der Waals surface area (Å²) in [5, 5.41) is 4.18. The molecule has 0 aliphatic heterocycles. The van der Waals surface area contributed by atoms with Crippen molar-refractivity contribution >= 4 is 32.7 Å². The van der Waals surface area contributed by atoms with Gasteiger partial charge in [0.05, 0.1) is 22.1 Å². The molecular formula is C20H20N6O2S. The van der Waals surface area contributed by atoms with Crippen molar-refractivity contribution < 1.29 is 8.42 Å². The van der Waals surface area contributed by atoms with Gasteiger partial charge in [0.15, 0.2) is 11.6 Å². The van der Waals surface area contributed by atoms with Crippen LogP contribution < -0.4 is 9.62 Å². The standard InChI is InChI=1S/C20H20N6O2S/c1-25(13-15-12-21-26(2)14-15)20-19(22-17-10-6-7-11-18(17)23-20)24-29(27,28)16-8-4-3-5-9-16/h3-12,14H,13H2,1-2H3,(H,22,24). The molecule has 0 bridgehead atoms. The molecule has 0 unspecified atom stereocenters. The molecule has 0 radical (unpaired) electrons. The van der Waals surface area contributed by atoms with Gasteiger partial charge in [-0.25, -0.2) is 18.4 Å². The van der Waals surface area contributed by atoms with Crippen molar-refractivity contribution in [2.45, 2.75) is 11.4 Å². The smallest absolute Gasteiger partial charge is 0.263 e. The molecule has 0 fully saturated rings. The number of sulfonamides is 1. The Morgan fingerprint density at radius 1 is 1.00 bits per heavy atom. The molecule has 0 aliphatic rings. The molecule has 0 saturated heterocycles. The van der Waals surface area contributed by atoms with E-state index in [1.807, 2.05) is 43.4 Å². The number of benzene rings is 2. The number of aromatic nitrogens is 4. The van der Waals surface area contributed by atoms with E-state index in [0.29, 0.717) is 23.4 Å². The highest BCUT2D eigenvalue weighted by Crippen LogP contribution is 2.27. The van der Waals surface area contributed by atoms with Gasteiger partial charge >= 0.3 is 0 Å². The van der Waals surface area contributed by atoms with Gasteiger partial charge < -0.3 is 4.90 Å². The highest BCUT2D eigenvalue weighted by atomic mass is 32.2. The lowest BCUT2D eigenvalue weighted by Gasteiger charge is -2.21. The van der Waals surface area contributed by atoms with Crippen LogP contribution in [0.25, 0.3) is 11.0 Å². The molecule has 29 heavy (non-hydrogen) atoms. The highest BCUT2D eigenvalue weighted by Gasteiger charge is 2.20. The minimum atomic E-state index is -3.80. The Bertz CT molecular complexity index is 1250. The first-order valence-electron chi connectivity index (χ1n) is 8.96. The van der Waals surface area contributed by atoms with Gasteiger partial charge in [-0.1, -0.05) is 30.3 Å². The summed E-state index contributed by atoms with van der Waals surface area (Å²) < 4.78 is 30.0. The van der Waals surface area contributed by atoms with Crippen LogP contribution in [0.3, 0.4) is 0 Å². The van der Waals surface area contributed by atoms with E-state index in [4.69, 9.17) is 0 Å². The number of rotatable bonds is 6. The third-order valence-corrected chi connectivity index (χ3v) is 5.73. The number of fused-ring (bicyclic) bond motifs is 1. The summed E-state index contributed by atoms with van der Waals surface area (Å²) in [5.41, 5.74) is 2.27. The van der Waals surface area contributed by atoms with Crippen LogP contribution in [0.4, 0.5) is 11.6 Å². The zero-order valence-electron chi connectivity index (χ0n) is 16.0. The predicted molar refractivity (Wildman–Crippen MR) is 112 cm³/mol. The molecule has 2 heterocycles. The molecule has 0 saturated carbocycles. The monoisotopic (exact) mass is 408 g/mol. The van der Waals surface area contributed by atoms with E-state index in [1.165, 1.54) is 12.1 Å². The zero-order chi connectivity index (χ0) is 20.4. The lowest BCUT2D eigenvalue weighted by molar-refractivity contribution is 0.601. The summed E-state index contributed by atoms with van der Waals surface area (Å²) in [5.74, 6) is 0.617. The first kappa shape index (κ1) is 18.9. The topological polar surface area (TPSA) is 93.0 Å². The molecule has 0 atom stereocenters. The minimum Gasteiger partial charge on any atom is -0.352 e. The van der Waals surface area contributed by atoms with E-state index in [2.05, 4.69) is 19.8 Å². The second-order valence-electron chi connectivity index (χ2n) is 6.68. The van der Waals surface area contributed by atoms with Crippen LogP contribution in [0.15, 0.2) is 71.9 Å². The third kappa shape index (κ3) is 4.04. The summed E-state index contributed by atoms with van der Waals surface area (Å²) >= 11 is 0. The number of aryl methyl sites for hydroxylation is 1. The van der Waals surface area contributed by atoms with Gasteiger partial charge in [0, 0.05) is 32.4 Å². The zero-order valence-corrected chi connectivity index (χ0v) is 16.8. The fourth-order valence-corrected chi connectivity index (χ4v) is 4.04. The van der Waals surface area contributed by atoms with Crippen LogP contribution in [0.5, 0.6) is 0 Å². The molecule has 4 aromatic rings. The van der Waals surface area contributed by atoms with E-state index >= 15 is 0 Å². The Labute approximate surface area is 168 Å². The Hall–Kier alpha value is -3.46. The molecule has 0 spiro atoms. The number of anilines is 2. The Morgan fingerprint density at radius 3 is 2.31 bits per heavy atom. The van der Waals surface area contributed by atoms with Crippen LogP contribution >= 0.6 is 0 Å². The minimum absolute atomic E-state index is 0.163. The van der Waals surface area contributed by atoms with Gasteiger partial charge in [0.1, 0.15) is 0 Å². The number of nitrogens with zero attached hydrogens (tertiary/aromatic N) is 5. The number of nitrogens with one attached hydrogen (secondary N) is 1. The van der Waals surface area contributed by atoms with Crippen molar-refractivity contribution in [2.24, 2.45) is 7.05 Å².